The summed E-state index contributed by atoms with van der Waals surface area (Å²) in [6.45, 7) is 27.5. The molecule has 0 spiro atoms. The van der Waals surface area contributed by atoms with E-state index in [-0.39, 0.29) is 28.4 Å². The third kappa shape index (κ3) is 9.77. The van der Waals surface area contributed by atoms with Crippen molar-refractivity contribution >= 4 is 95.0 Å². The van der Waals surface area contributed by atoms with Gasteiger partial charge < -0.3 is 14.7 Å². The lowest BCUT2D eigenvalue weighted by molar-refractivity contribution is 0.590. The highest BCUT2D eigenvalue weighted by molar-refractivity contribution is 7.33. The van der Waals surface area contributed by atoms with Crippen LogP contribution >= 0.6 is 11.3 Å². The van der Waals surface area contributed by atoms with E-state index in [1.807, 2.05) is 11.3 Å². The third-order valence-corrected chi connectivity index (χ3v) is 18.5. The highest BCUT2D eigenvalue weighted by atomic mass is 32.1. The summed E-state index contributed by atoms with van der Waals surface area (Å²) in [6, 6.07) is 87.7. The van der Waals surface area contributed by atoms with Crippen molar-refractivity contribution < 1.29 is 0 Å². The summed E-state index contributed by atoms with van der Waals surface area (Å²) < 4.78 is 2.62. The first kappa shape index (κ1) is 53.9. The molecule has 13 rings (SSSR count). The van der Waals surface area contributed by atoms with Gasteiger partial charge in [0.2, 0.25) is 0 Å². The Morgan fingerprint density at radius 3 is 1.29 bits per heavy atom. The van der Waals surface area contributed by atoms with Gasteiger partial charge in [0, 0.05) is 60.4 Å². The van der Waals surface area contributed by atoms with E-state index in [2.05, 4.69) is 328 Å². The Labute approximate surface area is 497 Å². The van der Waals surface area contributed by atoms with Gasteiger partial charge in [0.25, 0.3) is 6.71 Å². The van der Waals surface area contributed by atoms with Gasteiger partial charge in [-0.05, 0) is 173 Å². The fourth-order valence-electron chi connectivity index (χ4n) is 12.6. The molecule has 0 saturated heterocycles. The Morgan fingerprint density at radius 2 is 0.783 bits per heavy atom. The Kier molecular flexibility index (Phi) is 13.1. The standard InChI is InChI=1S/C78H74BN3S/c1-75(2,3)55-28-36-59(37-29-55)80(60-38-30-56(31-39-60)76(4,5)6)63-44-45-67-68(50-63)81(61-40-32-57(33-41-61)77(7,8)9)69-48-54(51-21-15-13-16-22-51)49-70-72(69)79(67)74-73(82(70)62-42-34-58(35-43-62)78(10,11)12)66-47-53(27-46-71(66)83-74)65-26-20-19-25-64(65)52-23-17-14-18-24-52/h13-50H,1-12H3. The number of thiophene rings is 1. The minimum Gasteiger partial charge on any atom is -0.311 e. The van der Waals surface area contributed by atoms with Crippen molar-refractivity contribution in [2.45, 2.75) is 105 Å². The monoisotopic (exact) mass is 1100 g/mol. The molecule has 0 amide bonds. The minimum absolute atomic E-state index is 0.00780. The molecule has 3 nitrogen and oxygen atoms in total. The molecule has 11 aromatic rings. The molecule has 83 heavy (non-hydrogen) atoms. The Balaban J connectivity index is 1.11. The lowest BCUT2D eigenvalue weighted by Gasteiger charge is -2.44. The quantitative estimate of drug-likeness (QED) is 0.140. The number of hydrogen-bond donors (Lipinski definition) is 0. The van der Waals surface area contributed by atoms with Gasteiger partial charge in [0.1, 0.15) is 0 Å². The molecular formula is C78H74BN3S. The minimum atomic E-state index is -0.0814. The number of nitrogens with zero attached hydrogens (tertiary/aromatic N) is 3. The maximum absolute atomic E-state index is 2.62. The second-order valence-electron chi connectivity index (χ2n) is 27.1. The molecule has 0 fully saturated rings. The second kappa shape index (κ2) is 20.2. The highest BCUT2D eigenvalue weighted by Crippen LogP contribution is 2.51. The summed E-state index contributed by atoms with van der Waals surface area (Å²) in [6.07, 6.45) is 0. The fourth-order valence-corrected chi connectivity index (χ4v) is 13.9. The molecule has 0 bridgehead atoms. The van der Waals surface area contributed by atoms with Gasteiger partial charge in [-0.15, -0.1) is 11.3 Å². The van der Waals surface area contributed by atoms with E-state index in [4.69, 9.17) is 0 Å². The molecule has 2 aliphatic heterocycles. The van der Waals surface area contributed by atoms with E-state index in [0.717, 1.165) is 28.4 Å². The van der Waals surface area contributed by atoms with Crippen LogP contribution in [0.5, 0.6) is 0 Å². The number of hydrogen-bond acceptors (Lipinski definition) is 4. The number of rotatable bonds is 8. The lowest BCUT2D eigenvalue weighted by atomic mass is 9.36. The zero-order valence-electron chi connectivity index (χ0n) is 50.3. The van der Waals surface area contributed by atoms with Crippen LogP contribution in [0.4, 0.5) is 51.2 Å². The van der Waals surface area contributed by atoms with Gasteiger partial charge >= 0.3 is 0 Å². The summed E-state index contributed by atoms with van der Waals surface area (Å²) in [5.74, 6) is 0. The van der Waals surface area contributed by atoms with E-state index in [0.29, 0.717) is 0 Å². The van der Waals surface area contributed by atoms with Crippen molar-refractivity contribution in [3.05, 3.63) is 253 Å². The molecule has 1 aromatic heterocycles. The van der Waals surface area contributed by atoms with Crippen LogP contribution in [-0.4, -0.2) is 6.71 Å². The molecule has 0 radical (unpaired) electrons. The zero-order chi connectivity index (χ0) is 57.7. The molecule has 10 aromatic carbocycles. The third-order valence-electron chi connectivity index (χ3n) is 17.3. The average Bonchev–Trinajstić information content (AvgIpc) is 2.08. The van der Waals surface area contributed by atoms with Crippen molar-refractivity contribution in [2.75, 3.05) is 14.7 Å². The Morgan fingerprint density at radius 1 is 0.349 bits per heavy atom. The van der Waals surface area contributed by atoms with E-state index in [1.165, 1.54) is 104 Å². The van der Waals surface area contributed by atoms with Crippen LogP contribution in [0.25, 0.3) is 43.5 Å². The van der Waals surface area contributed by atoms with Crippen molar-refractivity contribution in [1.29, 1.82) is 0 Å². The van der Waals surface area contributed by atoms with E-state index < -0.39 is 0 Å². The molecule has 2 aliphatic rings. The van der Waals surface area contributed by atoms with Gasteiger partial charge in [-0.2, -0.15) is 0 Å². The van der Waals surface area contributed by atoms with Gasteiger partial charge in [0.15, 0.2) is 0 Å². The Bertz CT molecular complexity index is 4150. The smallest absolute Gasteiger partial charge is 0.264 e. The van der Waals surface area contributed by atoms with Gasteiger partial charge in [-0.25, -0.2) is 0 Å². The molecule has 0 unspecified atom stereocenters. The van der Waals surface area contributed by atoms with Crippen molar-refractivity contribution in [3.63, 3.8) is 0 Å². The SMILES string of the molecule is CC(C)(C)c1ccc(N(c2ccc(C(C)(C)C)cc2)c2ccc3c(c2)N(c2ccc(C(C)(C)C)cc2)c2cc(-c4ccccc4)cc4c2B3c2sc3ccc(-c5ccccc5-c5ccccc5)cc3c2N4c2ccc(C(C)(C)C)cc2)cc1. The summed E-state index contributed by atoms with van der Waals surface area (Å²) in [5.41, 5.74) is 25.5. The normalized spacial score (nSPS) is 13.2. The van der Waals surface area contributed by atoms with Crippen LogP contribution in [0.2, 0.25) is 0 Å². The van der Waals surface area contributed by atoms with E-state index >= 15 is 0 Å². The summed E-state index contributed by atoms with van der Waals surface area (Å²) in [5, 5.41) is 1.25. The van der Waals surface area contributed by atoms with E-state index in [9.17, 15) is 0 Å². The molecule has 5 heteroatoms. The molecule has 0 aliphatic carbocycles. The average molecular weight is 1100 g/mol. The van der Waals surface area contributed by atoms with Gasteiger partial charge in [0.05, 0.1) is 5.69 Å². The topological polar surface area (TPSA) is 9.72 Å². The molecule has 0 N–H and O–H groups in total. The van der Waals surface area contributed by atoms with Crippen molar-refractivity contribution in [3.8, 4) is 33.4 Å². The number of fused-ring (bicyclic) bond motifs is 6. The maximum Gasteiger partial charge on any atom is 0.264 e. The first-order chi connectivity index (χ1) is 39.7. The van der Waals surface area contributed by atoms with Gasteiger partial charge in [-0.3, -0.25) is 0 Å². The second-order valence-corrected chi connectivity index (χ2v) is 28.2. The predicted octanol–water partition coefficient (Wildman–Crippen LogP) is 20.6. The Hall–Kier alpha value is -8.38. The van der Waals surface area contributed by atoms with Crippen molar-refractivity contribution in [2.24, 2.45) is 0 Å². The van der Waals surface area contributed by atoms with Crippen LogP contribution in [0.3, 0.4) is 0 Å². The van der Waals surface area contributed by atoms with Gasteiger partial charge in [-0.1, -0.05) is 229 Å². The largest absolute Gasteiger partial charge is 0.311 e. The first-order valence-electron chi connectivity index (χ1n) is 29.6. The summed E-state index contributed by atoms with van der Waals surface area (Å²) >= 11 is 1.95. The van der Waals surface area contributed by atoms with Crippen molar-refractivity contribution in [1.82, 2.24) is 0 Å². The highest BCUT2D eigenvalue weighted by Gasteiger charge is 2.46. The van der Waals surface area contributed by atoms with Crippen LogP contribution in [0.15, 0.2) is 231 Å². The summed E-state index contributed by atoms with van der Waals surface area (Å²) in [4.78, 5) is 7.68. The number of benzene rings is 10. The van der Waals surface area contributed by atoms with Crippen LogP contribution in [-0.2, 0) is 21.7 Å². The molecular weight excluding hydrogens is 1020 g/mol. The molecule has 0 atom stereocenters. The predicted molar refractivity (Wildman–Crippen MR) is 362 cm³/mol. The van der Waals surface area contributed by atoms with Crippen LogP contribution in [0, 0.1) is 0 Å². The lowest BCUT2D eigenvalue weighted by Crippen LogP contribution is -2.60. The van der Waals surface area contributed by atoms with Crippen LogP contribution < -0.4 is 30.4 Å². The van der Waals surface area contributed by atoms with E-state index in [1.54, 1.807) is 0 Å². The number of anilines is 9. The maximum atomic E-state index is 2.62. The first-order valence-corrected chi connectivity index (χ1v) is 30.4. The molecule has 0 saturated carbocycles. The zero-order valence-corrected chi connectivity index (χ0v) is 51.1. The summed E-state index contributed by atoms with van der Waals surface area (Å²) in [7, 11) is 0. The molecule has 3 heterocycles. The molecule has 410 valence electrons. The van der Waals surface area contributed by atoms with Crippen LogP contribution in [0.1, 0.15) is 105 Å². The fraction of sp³-hybridized carbons (Fsp3) is 0.205.